The fourth-order valence-electron chi connectivity index (χ4n) is 2.37. The van der Waals surface area contributed by atoms with E-state index in [-0.39, 0.29) is 6.10 Å². The van der Waals surface area contributed by atoms with E-state index in [2.05, 4.69) is 10.3 Å². The Morgan fingerprint density at radius 1 is 1.26 bits per heavy atom. The van der Waals surface area contributed by atoms with Crippen LogP contribution >= 0.6 is 0 Å². The normalized spacial score (nSPS) is 26.6. The van der Waals surface area contributed by atoms with Crippen LogP contribution in [0.15, 0.2) is 18.3 Å². The Morgan fingerprint density at radius 3 is 2.84 bits per heavy atom. The molecule has 104 valence electrons. The highest BCUT2D eigenvalue weighted by atomic mass is 16.5. The van der Waals surface area contributed by atoms with E-state index in [1.165, 1.54) is 12.8 Å². The van der Waals surface area contributed by atoms with Crippen LogP contribution in [0.25, 0.3) is 0 Å². The quantitative estimate of drug-likeness (QED) is 0.852. The van der Waals surface area contributed by atoms with Crippen LogP contribution in [0.3, 0.4) is 0 Å². The van der Waals surface area contributed by atoms with Gasteiger partial charge in [0.15, 0.2) is 0 Å². The predicted octanol–water partition coefficient (Wildman–Crippen LogP) is 2.07. The molecule has 2 fully saturated rings. The van der Waals surface area contributed by atoms with E-state index in [1.807, 2.05) is 19.1 Å². The fraction of sp³-hybridized carbons (Fsp3) is 0.667. The van der Waals surface area contributed by atoms with E-state index in [0.717, 1.165) is 36.9 Å². The summed E-state index contributed by atoms with van der Waals surface area (Å²) >= 11 is 0. The zero-order valence-electron chi connectivity index (χ0n) is 11.5. The van der Waals surface area contributed by atoms with E-state index in [1.54, 1.807) is 6.20 Å². The molecule has 2 heterocycles. The topological polar surface area (TPSA) is 43.4 Å². The summed E-state index contributed by atoms with van der Waals surface area (Å²) < 4.78 is 11.7. The minimum atomic E-state index is 0.229. The minimum absolute atomic E-state index is 0.229. The van der Waals surface area contributed by atoms with Crippen LogP contribution in [0.1, 0.15) is 31.4 Å². The van der Waals surface area contributed by atoms with Gasteiger partial charge in [0.1, 0.15) is 12.4 Å². The molecule has 0 radical (unpaired) electrons. The van der Waals surface area contributed by atoms with Gasteiger partial charge < -0.3 is 14.8 Å². The van der Waals surface area contributed by atoms with Crippen LogP contribution < -0.4 is 10.1 Å². The molecule has 1 aliphatic carbocycles. The zero-order chi connectivity index (χ0) is 13.1. The van der Waals surface area contributed by atoms with Crippen molar-refractivity contribution in [1.82, 2.24) is 10.3 Å². The van der Waals surface area contributed by atoms with Crippen LogP contribution in [-0.2, 0) is 4.74 Å². The van der Waals surface area contributed by atoms with Crippen molar-refractivity contribution >= 4 is 0 Å². The third-order valence-corrected chi connectivity index (χ3v) is 3.73. The van der Waals surface area contributed by atoms with Gasteiger partial charge in [-0.05, 0) is 44.7 Å². The SMILES string of the molecule is Cc1ccc(OCC2CCC(CNC3CC3)O2)cn1. The molecule has 1 aromatic heterocycles. The molecule has 1 aliphatic heterocycles. The van der Waals surface area contributed by atoms with Gasteiger partial charge in [-0.25, -0.2) is 0 Å². The first-order valence-electron chi connectivity index (χ1n) is 7.24. The Hall–Kier alpha value is -1.13. The first-order valence-corrected chi connectivity index (χ1v) is 7.24. The van der Waals surface area contributed by atoms with E-state index in [9.17, 15) is 0 Å². The standard InChI is InChI=1S/C15H22N2O2/c1-11-2-5-13(8-16-11)18-10-15-7-6-14(19-15)9-17-12-3-4-12/h2,5,8,12,14-15,17H,3-4,6-7,9-10H2,1H3. The summed E-state index contributed by atoms with van der Waals surface area (Å²) in [5.74, 6) is 0.828. The number of nitrogens with zero attached hydrogens (tertiary/aromatic N) is 1. The lowest BCUT2D eigenvalue weighted by Gasteiger charge is -2.15. The summed E-state index contributed by atoms with van der Waals surface area (Å²) in [6.45, 7) is 3.60. The largest absolute Gasteiger partial charge is 0.489 e. The second-order valence-corrected chi connectivity index (χ2v) is 5.59. The van der Waals surface area contributed by atoms with Gasteiger partial charge in [-0.15, -0.1) is 0 Å². The number of aryl methyl sites for hydroxylation is 1. The maximum atomic E-state index is 5.98. The van der Waals surface area contributed by atoms with Crippen molar-refractivity contribution in [3.05, 3.63) is 24.0 Å². The molecule has 0 amide bonds. The highest BCUT2D eigenvalue weighted by molar-refractivity contribution is 5.19. The van der Waals surface area contributed by atoms with E-state index in [4.69, 9.17) is 9.47 Å². The Bertz CT molecular complexity index is 403. The average Bonchev–Trinajstić information content (AvgIpc) is 3.15. The Balaban J connectivity index is 1.37. The highest BCUT2D eigenvalue weighted by Gasteiger charge is 2.28. The maximum Gasteiger partial charge on any atom is 0.137 e. The molecule has 4 nitrogen and oxygen atoms in total. The van der Waals surface area contributed by atoms with Crippen molar-refractivity contribution in [2.45, 2.75) is 50.9 Å². The molecule has 19 heavy (non-hydrogen) atoms. The van der Waals surface area contributed by atoms with Crippen LogP contribution in [0.2, 0.25) is 0 Å². The third kappa shape index (κ3) is 3.91. The molecular formula is C15H22N2O2. The van der Waals surface area contributed by atoms with Crippen molar-refractivity contribution in [1.29, 1.82) is 0 Å². The lowest BCUT2D eigenvalue weighted by Crippen LogP contribution is -2.29. The monoisotopic (exact) mass is 262 g/mol. The van der Waals surface area contributed by atoms with E-state index < -0.39 is 0 Å². The van der Waals surface area contributed by atoms with E-state index >= 15 is 0 Å². The van der Waals surface area contributed by atoms with Crippen LogP contribution in [0.4, 0.5) is 0 Å². The molecule has 1 aromatic rings. The number of aromatic nitrogens is 1. The molecule has 1 saturated heterocycles. The second kappa shape index (κ2) is 5.88. The van der Waals surface area contributed by atoms with Crippen molar-refractivity contribution < 1.29 is 9.47 Å². The molecule has 1 saturated carbocycles. The number of ether oxygens (including phenoxy) is 2. The van der Waals surface area contributed by atoms with Crippen molar-refractivity contribution in [3.8, 4) is 5.75 Å². The molecule has 2 unspecified atom stereocenters. The predicted molar refractivity (Wildman–Crippen MR) is 73.4 cm³/mol. The summed E-state index contributed by atoms with van der Waals surface area (Å²) in [6.07, 6.45) is 7.27. The zero-order valence-corrected chi connectivity index (χ0v) is 11.5. The number of pyridine rings is 1. The van der Waals surface area contributed by atoms with Crippen molar-refractivity contribution in [2.75, 3.05) is 13.2 Å². The van der Waals surface area contributed by atoms with Crippen LogP contribution in [0.5, 0.6) is 5.75 Å². The maximum absolute atomic E-state index is 5.98. The molecule has 3 rings (SSSR count). The summed E-state index contributed by atoms with van der Waals surface area (Å²) in [7, 11) is 0. The highest BCUT2D eigenvalue weighted by Crippen LogP contribution is 2.23. The molecular weight excluding hydrogens is 240 g/mol. The molecule has 0 bridgehead atoms. The van der Waals surface area contributed by atoms with Gasteiger partial charge in [0.05, 0.1) is 18.4 Å². The van der Waals surface area contributed by atoms with Gasteiger partial charge in [0.25, 0.3) is 0 Å². The van der Waals surface area contributed by atoms with Gasteiger partial charge in [-0.2, -0.15) is 0 Å². The average molecular weight is 262 g/mol. The number of nitrogens with one attached hydrogen (secondary N) is 1. The van der Waals surface area contributed by atoms with Crippen molar-refractivity contribution in [3.63, 3.8) is 0 Å². The summed E-state index contributed by atoms with van der Waals surface area (Å²) in [5, 5.41) is 3.52. The number of hydrogen-bond donors (Lipinski definition) is 1. The van der Waals surface area contributed by atoms with Gasteiger partial charge in [-0.3, -0.25) is 4.98 Å². The minimum Gasteiger partial charge on any atom is -0.489 e. The van der Waals surface area contributed by atoms with Crippen molar-refractivity contribution in [2.24, 2.45) is 0 Å². The smallest absolute Gasteiger partial charge is 0.137 e. The van der Waals surface area contributed by atoms with Crippen LogP contribution in [0, 0.1) is 6.92 Å². The van der Waals surface area contributed by atoms with Gasteiger partial charge in [0, 0.05) is 18.3 Å². The van der Waals surface area contributed by atoms with Gasteiger partial charge in [-0.1, -0.05) is 0 Å². The van der Waals surface area contributed by atoms with E-state index in [0.29, 0.717) is 12.7 Å². The molecule has 1 N–H and O–H groups in total. The summed E-state index contributed by atoms with van der Waals surface area (Å²) in [4.78, 5) is 4.22. The Kier molecular flexibility index (Phi) is 3.99. The number of hydrogen-bond acceptors (Lipinski definition) is 4. The molecule has 0 aromatic carbocycles. The molecule has 2 atom stereocenters. The Labute approximate surface area is 114 Å². The second-order valence-electron chi connectivity index (χ2n) is 5.59. The molecule has 0 spiro atoms. The lowest BCUT2D eigenvalue weighted by atomic mass is 10.2. The van der Waals surface area contributed by atoms with Gasteiger partial charge in [0.2, 0.25) is 0 Å². The molecule has 4 heteroatoms. The fourth-order valence-corrected chi connectivity index (χ4v) is 2.37. The number of rotatable bonds is 6. The first-order chi connectivity index (χ1) is 9.29. The third-order valence-electron chi connectivity index (χ3n) is 3.73. The first kappa shape index (κ1) is 12.9. The Morgan fingerprint density at radius 2 is 2.11 bits per heavy atom. The molecule has 2 aliphatic rings. The summed E-state index contributed by atoms with van der Waals surface area (Å²) in [6, 6.07) is 4.69. The summed E-state index contributed by atoms with van der Waals surface area (Å²) in [5.41, 5.74) is 1.01. The van der Waals surface area contributed by atoms with Gasteiger partial charge >= 0.3 is 0 Å². The lowest BCUT2D eigenvalue weighted by molar-refractivity contribution is 0.0183. The van der Waals surface area contributed by atoms with Crippen LogP contribution in [-0.4, -0.2) is 36.4 Å².